The number of rotatable bonds is 6. The molecule has 0 fully saturated rings. The third-order valence-corrected chi connectivity index (χ3v) is 5.12. The summed E-state index contributed by atoms with van der Waals surface area (Å²) >= 11 is 0. The van der Waals surface area contributed by atoms with Gasteiger partial charge in [-0.2, -0.15) is 4.31 Å². The molecular weight excluding hydrogens is 276 g/mol. The minimum atomic E-state index is -3.54. The summed E-state index contributed by atoms with van der Waals surface area (Å²) < 4.78 is 31.5. The van der Waals surface area contributed by atoms with E-state index >= 15 is 0 Å². The van der Waals surface area contributed by atoms with E-state index in [9.17, 15) is 8.42 Å². The molecule has 0 saturated carbocycles. The van der Waals surface area contributed by atoms with Crippen LogP contribution in [-0.2, 0) is 16.6 Å². The highest BCUT2D eigenvalue weighted by Crippen LogP contribution is 2.20. The van der Waals surface area contributed by atoms with Crippen LogP contribution in [0.3, 0.4) is 0 Å². The van der Waals surface area contributed by atoms with Gasteiger partial charge in [0.25, 0.3) is 10.0 Å². The first kappa shape index (κ1) is 17.2. The van der Waals surface area contributed by atoms with E-state index in [4.69, 9.17) is 4.42 Å². The topological polar surface area (TPSA) is 62.6 Å². The third kappa shape index (κ3) is 4.33. The van der Waals surface area contributed by atoms with E-state index < -0.39 is 10.0 Å². The van der Waals surface area contributed by atoms with Crippen molar-refractivity contribution in [3.05, 3.63) is 17.9 Å². The maximum absolute atomic E-state index is 12.4. The Morgan fingerprint density at radius 2 is 1.95 bits per heavy atom. The van der Waals surface area contributed by atoms with Crippen molar-refractivity contribution < 1.29 is 12.8 Å². The van der Waals surface area contributed by atoms with Crippen LogP contribution in [0.1, 0.15) is 46.8 Å². The van der Waals surface area contributed by atoms with Crippen molar-refractivity contribution in [2.75, 3.05) is 7.05 Å². The molecule has 6 heteroatoms. The zero-order valence-electron chi connectivity index (χ0n) is 13.2. The standard InChI is InChI=1S/C14H26N2O3S/c1-7-11(2)16(6)20(17,18)13-9-8-12(19-13)10-15-14(3,4)5/h8-9,11,15H,7,10H2,1-6H3. The first-order chi connectivity index (χ1) is 9.08. The summed E-state index contributed by atoms with van der Waals surface area (Å²) in [4.78, 5) is 0. The van der Waals surface area contributed by atoms with Crippen LogP contribution in [0, 0.1) is 0 Å². The van der Waals surface area contributed by atoms with Crippen LogP contribution < -0.4 is 5.32 Å². The molecule has 0 aliphatic heterocycles. The van der Waals surface area contributed by atoms with Crippen molar-refractivity contribution in [3.63, 3.8) is 0 Å². The van der Waals surface area contributed by atoms with Crippen molar-refractivity contribution >= 4 is 10.0 Å². The quantitative estimate of drug-likeness (QED) is 0.877. The smallest absolute Gasteiger partial charge is 0.276 e. The summed E-state index contributed by atoms with van der Waals surface area (Å²) in [7, 11) is -1.96. The Morgan fingerprint density at radius 1 is 1.35 bits per heavy atom. The SMILES string of the molecule is CCC(C)N(C)S(=O)(=O)c1ccc(CNC(C)(C)C)o1. The Kier molecular flexibility index (Phi) is 5.40. The molecule has 1 unspecified atom stereocenters. The molecule has 1 rings (SSSR count). The second-order valence-corrected chi connectivity index (χ2v) is 8.03. The number of nitrogens with one attached hydrogen (secondary N) is 1. The first-order valence-electron chi connectivity index (χ1n) is 6.89. The molecule has 0 aliphatic carbocycles. The van der Waals surface area contributed by atoms with Gasteiger partial charge in [0.1, 0.15) is 5.76 Å². The summed E-state index contributed by atoms with van der Waals surface area (Å²) in [5, 5.41) is 3.27. The van der Waals surface area contributed by atoms with Crippen LogP contribution in [-0.4, -0.2) is 31.4 Å². The lowest BCUT2D eigenvalue weighted by Crippen LogP contribution is -2.35. The number of hydrogen-bond donors (Lipinski definition) is 1. The van der Waals surface area contributed by atoms with Crippen molar-refractivity contribution in [1.82, 2.24) is 9.62 Å². The molecule has 116 valence electrons. The molecule has 1 atom stereocenters. The van der Waals surface area contributed by atoms with E-state index in [1.54, 1.807) is 13.1 Å². The molecule has 1 aromatic heterocycles. The van der Waals surface area contributed by atoms with Gasteiger partial charge in [0, 0.05) is 18.6 Å². The van der Waals surface area contributed by atoms with Crippen molar-refractivity contribution in [3.8, 4) is 0 Å². The van der Waals surface area contributed by atoms with Crippen LogP contribution in [0.4, 0.5) is 0 Å². The average molecular weight is 302 g/mol. The van der Waals surface area contributed by atoms with Gasteiger partial charge in [0.15, 0.2) is 0 Å². The Hall–Kier alpha value is -0.850. The zero-order valence-corrected chi connectivity index (χ0v) is 14.0. The van der Waals surface area contributed by atoms with Gasteiger partial charge in [-0.25, -0.2) is 8.42 Å². The summed E-state index contributed by atoms with van der Waals surface area (Å²) in [5.74, 6) is 0.621. The molecule has 0 radical (unpaired) electrons. The first-order valence-corrected chi connectivity index (χ1v) is 8.33. The third-order valence-electron chi connectivity index (χ3n) is 3.27. The van der Waals surface area contributed by atoms with Gasteiger partial charge in [0.05, 0.1) is 6.54 Å². The van der Waals surface area contributed by atoms with Crippen molar-refractivity contribution in [2.24, 2.45) is 0 Å². The molecule has 0 spiro atoms. The lowest BCUT2D eigenvalue weighted by Gasteiger charge is -2.21. The molecule has 0 amide bonds. The summed E-state index contributed by atoms with van der Waals surface area (Å²) in [6.45, 7) is 10.5. The molecule has 0 aliphatic rings. The highest BCUT2D eigenvalue weighted by molar-refractivity contribution is 7.89. The summed E-state index contributed by atoms with van der Waals surface area (Å²) in [6.07, 6.45) is 0.759. The molecule has 0 aromatic carbocycles. The highest BCUT2D eigenvalue weighted by atomic mass is 32.2. The lowest BCUT2D eigenvalue weighted by atomic mass is 10.1. The van der Waals surface area contributed by atoms with Gasteiger partial charge in [-0.05, 0) is 46.2 Å². The van der Waals surface area contributed by atoms with E-state index in [1.165, 1.54) is 10.4 Å². The van der Waals surface area contributed by atoms with Crippen LogP contribution in [0.5, 0.6) is 0 Å². The van der Waals surface area contributed by atoms with Gasteiger partial charge in [0.2, 0.25) is 5.09 Å². The fourth-order valence-electron chi connectivity index (χ4n) is 1.58. The molecule has 1 aromatic rings. The van der Waals surface area contributed by atoms with Crippen LogP contribution >= 0.6 is 0 Å². The van der Waals surface area contributed by atoms with E-state index in [-0.39, 0.29) is 16.7 Å². The highest BCUT2D eigenvalue weighted by Gasteiger charge is 2.27. The Labute approximate surface area is 122 Å². The number of furan rings is 1. The monoisotopic (exact) mass is 302 g/mol. The zero-order chi connectivity index (χ0) is 15.6. The van der Waals surface area contributed by atoms with E-state index in [2.05, 4.69) is 5.32 Å². The van der Waals surface area contributed by atoms with Gasteiger partial charge in [-0.1, -0.05) is 6.92 Å². The summed E-state index contributed by atoms with van der Waals surface area (Å²) in [5.41, 5.74) is -0.0423. The Balaban J connectivity index is 2.86. The predicted molar refractivity (Wildman–Crippen MR) is 80.0 cm³/mol. The normalized spacial score (nSPS) is 14.8. The van der Waals surface area contributed by atoms with E-state index in [0.29, 0.717) is 12.3 Å². The van der Waals surface area contributed by atoms with Crippen LogP contribution in [0.15, 0.2) is 21.6 Å². The average Bonchev–Trinajstić information content (AvgIpc) is 2.83. The Bertz CT molecular complexity index is 529. The maximum atomic E-state index is 12.4. The summed E-state index contributed by atoms with van der Waals surface area (Å²) in [6, 6.07) is 3.17. The molecule has 20 heavy (non-hydrogen) atoms. The molecule has 1 heterocycles. The molecule has 5 nitrogen and oxygen atoms in total. The minimum absolute atomic E-state index is 0.00556. The Morgan fingerprint density at radius 3 is 2.45 bits per heavy atom. The second-order valence-electron chi connectivity index (χ2n) is 6.10. The maximum Gasteiger partial charge on any atom is 0.276 e. The van der Waals surface area contributed by atoms with Crippen LogP contribution in [0.25, 0.3) is 0 Å². The van der Waals surface area contributed by atoms with Gasteiger partial charge in [-0.15, -0.1) is 0 Å². The molecule has 0 bridgehead atoms. The number of sulfonamides is 1. The van der Waals surface area contributed by atoms with Gasteiger partial charge < -0.3 is 9.73 Å². The van der Waals surface area contributed by atoms with Crippen molar-refractivity contribution in [1.29, 1.82) is 0 Å². The lowest BCUT2D eigenvalue weighted by molar-refractivity contribution is 0.336. The molecule has 1 N–H and O–H groups in total. The van der Waals surface area contributed by atoms with Crippen LogP contribution in [0.2, 0.25) is 0 Å². The number of nitrogens with zero attached hydrogens (tertiary/aromatic N) is 1. The van der Waals surface area contributed by atoms with E-state index in [1.807, 2.05) is 34.6 Å². The fraction of sp³-hybridized carbons (Fsp3) is 0.714. The van der Waals surface area contributed by atoms with Crippen molar-refractivity contribution in [2.45, 2.75) is 64.3 Å². The van der Waals surface area contributed by atoms with E-state index in [0.717, 1.165) is 6.42 Å². The largest absolute Gasteiger partial charge is 0.447 e. The fourth-order valence-corrected chi connectivity index (χ4v) is 2.94. The second kappa shape index (κ2) is 6.28. The molecule has 0 saturated heterocycles. The minimum Gasteiger partial charge on any atom is -0.447 e. The number of hydrogen-bond acceptors (Lipinski definition) is 4. The van der Waals surface area contributed by atoms with Gasteiger partial charge in [-0.3, -0.25) is 0 Å². The molecular formula is C14H26N2O3S. The van der Waals surface area contributed by atoms with Gasteiger partial charge >= 0.3 is 0 Å². The predicted octanol–water partition coefficient (Wildman–Crippen LogP) is 2.59.